The highest BCUT2D eigenvalue weighted by Gasteiger charge is 2.22. The number of rotatable bonds is 3. The molecule has 3 nitrogen and oxygen atoms in total. The predicted molar refractivity (Wildman–Crippen MR) is 68.1 cm³/mol. The molecule has 0 saturated carbocycles. The Morgan fingerprint density at radius 1 is 1.29 bits per heavy atom. The van der Waals surface area contributed by atoms with E-state index >= 15 is 0 Å². The van der Waals surface area contributed by atoms with E-state index in [-0.39, 0.29) is 0 Å². The van der Waals surface area contributed by atoms with Crippen LogP contribution < -0.4 is 5.32 Å². The summed E-state index contributed by atoms with van der Waals surface area (Å²) in [7, 11) is 0. The molecule has 0 radical (unpaired) electrons. The van der Waals surface area contributed by atoms with Gasteiger partial charge in [0.25, 0.3) is 0 Å². The Hall–Kier alpha value is -1.61. The van der Waals surface area contributed by atoms with Gasteiger partial charge in [-0.15, -0.1) is 0 Å². The third-order valence-corrected chi connectivity index (χ3v) is 3.42. The van der Waals surface area contributed by atoms with Gasteiger partial charge in [-0.3, -0.25) is 0 Å². The number of aromatic nitrogens is 2. The maximum absolute atomic E-state index is 4.27. The van der Waals surface area contributed by atoms with E-state index in [9.17, 15) is 0 Å². The zero-order chi connectivity index (χ0) is 11.7. The molecular formula is C14H17N3. The quantitative estimate of drug-likeness (QED) is 0.868. The Kier molecular flexibility index (Phi) is 2.69. The maximum Gasteiger partial charge on any atom is 0.0951 e. The molecule has 1 saturated heterocycles. The van der Waals surface area contributed by atoms with Crippen LogP contribution in [0.5, 0.6) is 0 Å². The van der Waals surface area contributed by atoms with Crippen LogP contribution in [-0.4, -0.2) is 22.6 Å². The van der Waals surface area contributed by atoms with E-state index in [0.717, 1.165) is 19.6 Å². The van der Waals surface area contributed by atoms with Gasteiger partial charge in [-0.1, -0.05) is 29.8 Å². The Balaban J connectivity index is 1.80. The second-order valence-corrected chi connectivity index (χ2v) is 4.79. The molecule has 0 aliphatic carbocycles. The molecule has 1 aliphatic heterocycles. The van der Waals surface area contributed by atoms with Crippen molar-refractivity contribution >= 4 is 0 Å². The molecule has 1 fully saturated rings. The van der Waals surface area contributed by atoms with Crippen LogP contribution in [0.25, 0.3) is 0 Å². The molecule has 17 heavy (non-hydrogen) atoms. The van der Waals surface area contributed by atoms with Crippen LogP contribution in [0.1, 0.15) is 22.7 Å². The van der Waals surface area contributed by atoms with Gasteiger partial charge in [-0.2, -0.15) is 0 Å². The van der Waals surface area contributed by atoms with Gasteiger partial charge >= 0.3 is 0 Å². The molecule has 1 aromatic carbocycles. The summed E-state index contributed by atoms with van der Waals surface area (Å²) >= 11 is 0. The number of hydrogen-bond acceptors (Lipinski definition) is 2. The molecule has 0 unspecified atom stereocenters. The minimum Gasteiger partial charge on any atom is -0.330 e. The van der Waals surface area contributed by atoms with Crippen molar-refractivity contribution in [2.75, 3.05) is 13.1 Å². The summed E-state index contributed by atoms with van der Waals surface area (Å²) in [5, 5.41) is 3.31. The van der Waals surface area contributed by atoms with Crippen molar-refractivity contribution in [3.05, 3.63) is 53.6 Å². The average molecular weight is 227 g/mol. The van der Waals surface area contributed by atoms with Crippen LogP contribution in [0.2, 0.25) is 0 Å². The Morgan fingerprint density at radius 3 is 2.71 bits per heavy atom. The largest absolute Gasteiger partial charge is 0.330 e. The number of nitrogens with zero attached hydrogens (tertiary/aromatic N) is 2. The van der Waals surface area contributed by atoms with Crippen LogP contribution >= 0.6 is 0 Å². The molecule has 0 spiro atoms. The van der Waals surface area contributed by atoms with E-state index in [2.05, 4.69) is 46.1 Å². The van der Waals surface area contributed by atoms with Crippen LogP contribution in [0.3, 0.4) is 0 Å². The highest BCUT2D eigenvalue weighted by atomic mass is 15.1. The summed E-state index contributed by atoms with van der Waals surface area (Å²) in [6.45, 7) is 5.21. The van der Waals surface area contributed by atoms with Gasteiger partial charge in [0, 0.05) is 37.4 Å². The second-order valence-electron chi connectivity index (χ2n) is 4.79. The molecule has 3 rings (SSSR count). The molecule has 1 aliphatic rings. The molecule has 0 amide bonds. The smallest absolute Gasteiger partial charge is 0.0951 e. The van der Waals surface area contributed by atoms with Crippen molar-refractivity contribution in [1.29, 1.82) is 0 Å². The lowest BCUT2D eigenvalue weighted by Gasteiger charge is -2.27. The predicted octanol–water partition coefficient (Wildman–Crippen LogP) is 1.93. The lowest BCUT2D eigenvalue weighted by atomic mass is 10.00. The number of benzene rings is 1. The van der Waals surface area contributed by atoms with Crippen LogP contribution in [0.15, 0.2) is 36.8 Å². The topological polar surface area (TPSA) is 29.9 Å². The Bertz CT molecular complexity index is 494. The zero-order valence-corrected chi connectivity index (χ0v) is 10.1. The van der Waals surface area contributed by atoms with E-state index in [0.29, 0.717) is 5.92 Å². The van der Waals surface area contributed by atoms with Gasteiger partial charge < -0.3 is 9.88 Å². The first-order valence-electron chi connectivity index (χ1n) is 6.09. The number of hydrogen-bond donors (Lipinski definition) is 1. The van der Waals surface area contributed by atoms with Crippen LogP contribution in [0, 0.1) is 6.92 Å². The van der Waals surface area contributed by atoms with Gasteiger partial charge in [0.15, 0.2) is 0 Å². The first-order valence-corrected chi connectivity index (χ1v) is 6.09. The molecule has 1 N–H and O–H groups in total. The minimum atomic E-state index is 0.642. The molecule has 2 heterocycles. The summed E-state index contributed by atoms with van der Waals surface area (Å²) in [6, 6.07) is 8.71. The minimum absolute atomic E-state index is 0.642. The first kappa shape index (κ1) is 10.5. The van der Waals surface area contributed by atoms with Crippen molar-refractivity contribution in [3.8, 4) is 0 Å². The standard InChI is InChI=1S/C14H17N3/c1-11-2-4-12(5-3-11)9-17-10-16-8-14(17)13-6-15-7-13/h2-5,8,10,13,15H,6-7,9H2,1H3. The summed E-state index contributed by atoms with van der Waals surface area (Å²) < 4.78 is 2.26. The monoisotopic (exact) mass is 227 g/mol. The van der Waals surface area contributed by atoms with Crippen molar-refractivity contribution in [2.45, 2.75) is 19.4 Å². The summed E-state index contributed by atoms with van der Waals surface area (Å²) in [4.78, 5) is 4.27. The summed E-state index contributed by atoms with van der Waals surface area (Å²) in [6.07, 6.45) is 3.94. The van der Waals surface area contributed by atoms with Crippen LogP contribution in [-0.2, 0) is 6.54 Å². The van der Waals surface area contributed by atoms with Gasteiger partial charge in [0.05, 0.1) is 6.33 Å². The Morgan fingerprint density at radius 2 is 2.06 bits per heavy atom. The van der Waals surface area contributed by atoms with E-state index < -0.39 is 0 Å². The second kappa shape index (κ2) is 4.34. The van der Waals surface area contributed by atoms with Gasteiger partial charge in [0.2, 0.25) is 0 Å². The molecule has 0 atom stereocenters. The summed E-state index contributed by atoms with van der Waals surface area (Å²) in [5.41, 5.74) is 3.99. The number of aryl methyl sites for hydroxylation is 1. The fraction of sp³-hybridized carbons (Fsp3) is 0.357. The molecule has 88 valence electrons. The molecule has 1 aromatic heterocycles. The Labute approximate surface area is 101 Å². The van der Waals surface area contributed by atoms with Crippen molar-refractivity contribution < 1.29 is 0 Å². The highest BCUT2D eigenvalue weighted by molar-refractivity contribution is 5.22. The van der Waals surface area contributed by atoms with Gasteiger partial charge in [-0.25, -0.2) is 4.98 Å². The van der Waals surface area contributed by atoms with Crippen molar-refractivity contribution in [1.82, 2.24) is 14.9 Å². The third-order valence-electron chi connectivity index (χ3n) is 3.42. The van der Waals surface area contributed by atoms with E-state index in [1.165, 1.54) is 16.8 Å². The van der Waals surface area contributed by atoms with Gasteiger partial charge in [-0.05, 0) is 12.5 Å². The molecule has 3 heteroatoms. The summed E-state index contributed by atoms with van der Waals surface area (Å²) in [5.74, 6) is 0.642. The molecule has 0 bridgehead atoms. The first-order chi connectivity index (χ1) is 8.33. The van der Waals surface area contributed by atoms with Crippen LogP contribution in [0.4, 0.5) is 0 Å². The number of nitrogens with one attached hydrogen (secondary N) is 1. The van der Waals surface area contributed by atoms with E-state index in [1.807, 2.05) is 12.5 Å². The molecule has 2 aromatic rings. The third kappa shape index (κ3) is 2.11. The van der Waals surface area contributed by atoms with E-state index in [1.54, 1.807) is 0 Å². The SMILES string of the molecule is Cc1ccc(Cn2cncc2C2CNC2)cc1. The number of imidazole rings is 1. The van der Waals surface area contributed by atoms with Crippen molar-refractivity contribution in [2.24, 2.45) is 0 Å². The maximum atomic E-state index is 4.27. The fourth-order valence-electron chi connectivity index (χ4n) is 2.19. The average Bonchev–Trinajstić information content (AvgIpc) is 2.68. The fourth-order valence-corrected chi connectivity index (χ4v) is 2.19. The van der Waals surface area contributed by atoms with Crippen molar-refractivity contribution in [3.63, 3.8) is 0 Å². The highest BCUT2D eigenvalue weighted by Crippen LogP contribution is 2.20. The van der Waals surface area contributed by atoms with Gasteiger partial charge in [0.1, 0.15) is 0 Å². The lowest BCUT2D eigenvalue weighted by molar-refractivity contribution is 0.427. The van der Waals surface area contributed by atoms with E-state index in [4.69, 9.17) is 0 Å². The zero-order valence-electron chi connectivity index (χ0n) is 10.1. The normalized spacial score (nSPS) is 15.8. The lowest BCUT2D eigenvalue weighted by Crippen LogP contribution is -2.40. The molecular weight excluding hydrogens is 210 g/mol.